The van der Waals surface area contributed by atoms with E-state index in [-0.39, 0.29) is 17.9 Å². The van der Waals surface area contributed by atoms with Gasteiger partial charge in [-0.2, -0.15) is 10.2 Å². The molecule has 0 unspecified atom stereocenters. The molecule has 8 aromatic rings. The predicted molar refractivity (Wildman–Crippen MR) is 287 cm³/mol. The number of carbonyl (C=O) groups excluding carboxylic acids is 1. The number of rotatable bonds is 8. The molecule has 0 bridgehead atoms. The number of aromatic hydroxyl groups is 1. The molecule has 19 heteroatoms. The molecule has 18 nitrogen and oxygen atoms in total. The van der Waals surface area contributed by atoms with Gasteiger partial charge in [0, 0.05) is 37.3 Å². The van der Waals surface area contributed by atoms with E-state index in [0.29, 0.717) is 66.8 Å². The molecule has 0 saturated carbocycles. The summed E-state index contributed by atoms with van der Waals surface area (Å²) >= 11 is 3.34. The molecule has 5 N–H and O–H groups in total. The second-order valence-corrected chi connectivity index (χ2v) is 21.8. The lowest BCUT2D eigenvalue weighted by Crippen LogP contribution is -2.42. The normalized spacial score (nSPS) is 17.2. The van der Waals surface area contributed by atoms with Gasteiger partial charge >= 0.3 is 6.09 Å². The number of anilines is 2. The van der Waals surface area contributed by atoms with Gasteiger partial charge in [-0.25, -0.2) is 34.1 Å². The van der Waals surface area contributed by atoms with Crippen molar-refractivity contribution in [3.8, 4) is 34.0 Å². The first-order valence-electron chi connectivity index (χ1n) is 25.1. The number of ether oxygens (including phenoxy) is 4. The number of alkyl halides is 1. The fraction of sp³-hybridized carbons (Fsp3) is 0.426. The van der Waals surface area contributed by atoms with Crippen molar-refractivity contribution in [3.63, 3.8) is 0 Å². The van der Waals surface area contributed by atoms with Gasteiger partial charge in [0.05, 0.1) is 42.0 Å². The Kier molecular flexibility index (Phi) is 14.6. The number of nitrogen functional groups attached to an aromatic ring is 2. The summed E-state index contributed by atoms with van der Waals surface area (Å²) in [5.74, 6) is 2.90. The zero-order valence-electron chi connectivity index (χ0n) is 41.8. The van der Waals surface area contributed by atoms with E-state index in [2.05, 4.69) is 78.1 Å². The number of nitrogens with zero attached hydrogens (tertiary/aromatic N) is 10. The van der Waals surface area contributed by atoms with Crippen molar-refractivity contribution in [1.29, 1.82) is 0 Å². The van der Waals surface area contributed by atoms with E-state index in [0.717, 1.165) is 112 Å². The molecular formula is C54H63BrN12O6. The highest BCUT2D eigenvalue weighted by molar-refractivity contribution is 9.09. The number of aromatic nitrogens is 8. The molecule has 0 spiro atoms. The maximum Gasteiger partial charge on any atom is 0.410 e. The number of nitrogens with two attached hydrogens (primary N) is 2. The van der Waals surface area contributed by atoms with Crippen LogP contribution in [0.15, 0.2) is 85.5 Å². The van der Waals surface area contributed by atoms with Gasteiger partial charge in [-0.15, -0.1) is 0 Å². The minimum absolute atomic E-state index is 0.157. The minimum Gasteiger partial charge on any atom is -0.508 e. The third kappa shape index (κ3) is 11.6. The second-order valence-electron chi connectivity index (χ2n) is 20.5. The highest BCUT2D eigenvalue weighted by Crippen LogP contribution is 2.36. The monoisotopic (exact) mass is 1050 g/mol. The summed E-state index contributed by atoms with van der Waals surface area (Å²) in [4.78, 5) is 34.7. The van der Waals surface area contributed by atoms with Crippen LogP contribution in [-0.4, -0.2) is 137 Å². The van der Waals surface area contributed by atoms with Gasteiger partial charge in [0.25, 0.3) is 0 Å². The summed E-state index contributed by atoms with van der Waals surface area (Å²) in [5.41, 5.74) is 17.1. The summed E-state index contributed by atoms with van der Waals surface area (Å²) in [7, 11) is 2.18. The Morgan fingerprint density at radius 1 is 0.685 bits per heavy atom. The Labute approximate surface area is 432 Å². The van der Waals surface area contributed by atoms with Crippen molar-refractivity contribution < 1.29 is 28.8 Å². The topological polar surface area (TPSA) is 220 Å². The number of phenolic OH excluding ortho intramolecular Hbond substituents is 1. The van der Waals surface area contributed by atoms with Gasteiger partial charge < -0.3 is 45.3 Å². The highest BCUT2D eigenvalue weighted by Gasteiger charge is 2.29. The lowest BCUT2D eigenvalue weighted by atomic mass is 9.97. The molecule has 382 valence electrons. The fourth-order valence-electron chi connectivity index (χ4n) is 9.58. The van der Waals surface area contributed by atoms with Gasteiger partial charge in [0.1, 0.15) is 58.9 Å². The van der Waals surface area contributed by atoms with E-state index in [1.54, 1.807) is 17.0 Å². The van der Waals surface area contributed by atoms with E-state index in [1.807, 2.05) is 60.5 Å². The number of benzene rings is 4. The second kappa shape index (κ2) is 21.4. The first kappa shape index (κ1) is 49.9. The first-order chi connectivity index (χ1) is 35.2. The van der Waals surface area contributed by atoms with E-state index in [9.17, 15) is 9.90 Å². The lowest BCUT2D eigenvalue weighted by molar-refractivity contribution is -0.0796. The Balaban J connectivity index is 0.000000153. The summed E-state index contributed by atoms with van der Waals surface area (Å²) in [6.45, 7) is 13.8. The Morgan fingerprint density at radius 3 is 1.66 bits per heavy atom. The van der Waals surface area contributed by atoms with Gasteiger partial charge in [0.15, 0.2) is 11.3 Å². The molecule has 4 aliphatic rings. The van der Waals surface area contributed by atoms with Gasteiger partial charge in [-0.05, 0) is 136 Å². The van der Waals surface area contributed by atoms with Gasteiger partial charge in [0.2, 0.25) is 0 Å². The van der Waals surface area contributed by atoms with Crippen molar-refractivity contribution in [1.82, 2.24) is 49.3 Å². The Morgan fingerprint density at radius 2 is 1.16 bits per heavy atom. The molecule has 8 heterocycles. The van der Waals surface area contributed by atoms with Crippen molar-refractivity contribution >= 4 is 77.3 Å². The summed E-state index contributed by atoms with van der Waals surface area (Å²) in [5, 5.41) is 25.4. The highest BCUT2D eigenvalue weighted by atomic mass is 79.9. The maximum atomic E-state index is 12.4. The van der Waals surface area contributed by atoms with Crippen LogP contribution >= 0.6 is 15.9 Å². The minimum atomic E-state index is -0.499. The number of hydrogen-bond acceptors (Lipinski definition) is 15. The van der Waals surface area contributed by atoms with E-state index in [4.69, 9.17) is 40.6 Å². The average molecular weight is 1060 g/mol. The maximum absolute atomic E-state index is 12.4. The van der Waals surface area contributed by atoms with Crippen molar-refractivity contribution in [3.05, 3.63) is 85.5 Å². The molecule has 4 aliphatic heterocycles. The van der Waals surface area contributed by atoms with Gasteiger partial charge in [-0.3, -0.25) is 0 Å². The number of phenols is 1. The van der Waals surface area contributed by atoms with Crippen LogP contribution in [0, 0.1) is 11.8 Å². The van der Waals surface area contributed by atoms with Crippen LogP contribution in [0.5, 0.6) is 11.5 Å². The Bertz CT molecular complexity index is 3240. The van der Waals surface area contributed by atoms with Crippen molar-refractivity contribution in [2.45, 2.75) is 76.1 Å². The van der Waals surface area contributed by atoms with Crippen LogP contribution < -0.4 is 16.2 Å². The van der Waals surface area contributed by atoms with Crippen LogP contribution in [0.3, 0.4) is 0 Å². The first-order valence-corrected chi connectivity index (χ1v) is 26.0. The SMILES string of the molecule is BrC1COC1.CC(C)(C)OC(=O)N1CCC(Cn2nc(-c3ccc4cc(O)ccc4c3)c3c(N)ncnc32)CC1.CN1CCC(Cn2nc(-c3ccc4cc(OC5COC5)ccc4c3)c3c(N)ncnc32)CC1. The molecule has 4 aromatic carbocycles. The third-order valence-electron chi connectivity index (χ3n) is 13.8. The standard InChI is InChI=1S/C26H30N6O3.C25H28N6O2.C3H5BrO/c1-26(2,3)35-25(34)31-10-8-16(9-11-31)14-32-24-21(23(27)28-15-29-24)22(30-32)19-5-4-18-13-20(33)7-6-17(18)12-19;1-30-8-6-16(7-9-30)12-31-25-22(24(26)27-15-28-25)23(29-31)19-3-2-18-11-20(5-4-17(18)10-19)33-21-13-32-14-21;4-3-1-5-2-3/h4-7,12-13,15-16,33H,8-11,14H2,1-3H3,(H2,27,28,29);2-5,10-11,15-16,21H,6-9,12-14H2,1H3,(H2,26,27,28);3H,1-2H2. The number of hydrogen-bond donors (Lipinski definition) is 3. The molecule has 73 heavy (non-hydrogen) atoms. The lowest BCUT2D eigenvalue weighted by Gasteiger charge is -2.33. The number of piperidine rings is 2. The zero-order chi connectivity index (χ0) is 50.8. The summed E-state index contributed by atoms with van der Waals surface area (Å²) in [6.07, 6.45) is 6.95. The van der Waals surface area contributed by atoms with Crippen LogP contribution in [0.1, 0.15) is 46.5 Å². The third-order valence-corrected chi connectivity index (χ3v) is 14.3. The number of carbonyl (C=O) groups is 1. The molecule has 4 fully saturated rings. The number of amides is 1. The molecule has 0 radical (unpaired) electrons. The van der Waals surface area contributed by atoms with Crippen molar-refractivity contribution in [2.24, 2.45) is 11.8 Å². The van der Waals surface area contributed by atoms with Crippen LogP contribution in [0.4, 0.5) is 16.4 Å². The molecular weight excluding hydrogens is 993 g/mol. The number of likely N-dealkylation sites (tertiary alicyclic amines) is 2. The van der Waals surface area contributed by atoms with Gasteiger partial charge in [-0.1, -0.05) is 52.3 Å². The predicted octanol–water partition coefficient (Wildman–Crippen LogP) is 8.71. The number of fused-ring (bicyclic) bond motifs is 4. The van der Waals surface area contributed by atoms with Crippen LogP contribution in [0.2, 0.25) is 0 Å². The van der Waals surface area contributed by atoms with E-state index >= 15 is 0 Å². The molecule has 0 atom stereocenters. The fourth-order valence-corrected chi connectivity index (χ4v) is 9.96. The smallest absolute Gasteiger partial charge is 0.410 e. The molecule has 4 saturated heterocycles. The van der Waals surface area contributed by atoms with E-state index in [1.165, 1.54) is 25.5 Å². The zero-order valence-corrected chi connectivity index (χ0v) is 43.4. The average Bonchev–Trinajstić information content (AvgIpc) is 3.92. The molecule has 4 aromatic heterocycles. The largest absolute Gasteiger partial charge is 0.508 e. The molecule has 1 amide bonds. The van der Waals surface area contributed by atoms with Crippen LogP contribution in [0.25, 0.3) is 66.1 Å². The quantitative estimate of drug-likeness (QED) is 0.121. The summed E-state index contributed by atoms with van der Waals surface area (Å²) < 4.78 is 25.4. The summed E-state index contributed by atoms with van der Waals surface area (Å²) in [6, 6.07) is 23.8. The molecule has 0 aliphatic carbocycles. The van der Waals surface area contributed by atoms with Crippen molar-refractivity contribution in [2.75, 3.05) is 71.1 Å². The number of halogens is 1. The molecule has 12 rings (SSSR count). The van der Waals surface area contributed by atoms with E-state index < -0.39 is 5.60 Å². The Hall–Kier alpha value is -6.67. The van der Waals surface area contributed by atoms with Crippen LogP contribution in [-0.2, 0) is 27.3 Å².